The molecule has 1 aromatic heterocycles. The Kier molecular flexibility index (Phi) is 6.75. The van der Waals surface area contributed by atoms with Crippen LogP contribution in [0.2, 0.25) is 0 Å². The second kappa shape index (κ2) is 8.24. The minimum absolute atomic E-state index is 0. The number of thiophene rings is 1. The summed E-state index contributed by atoms with van der Waals surface area (Å²) >= 11 is 1.80. The van der Waals surface area contributed by atoms with Crippen LogP contribution < -0.4 is 10.6 Å². The molecule has 25 heavy (non-hydrogen) atoms. The highest BCUT2D eigenvalue weighted by Crippen LogP contribution is 2.36. The van der Waals surface area contributed by atoms with Gasteiger partial charge >= 0.3 is 0 Å². The summed E-state index contributed by atoms with van der Waals surface area (Å²) in [5.41, 5.74) is 0.165. The van der Waals surface area contributed by atoms with E-state index in [4.69, 9.17) is 0 Å². The van der Waals surface area contributed by atoms with Crippen LogP contribution in [0.3, 0.4) is 0 Å². The number of amides is 1. The summed E-state index contributed by atoms with van der Waals surface area (Å²) in [6, 6.07) is 4.30. The van der Waals surface area contributed by atoms with E-state index in [2.05, 4.69) is 51.9 Å². The van der Waals surface area contributed by atoms with E-state index in [-0.39, 0.29) is 40.7 Å². The second-order valence-corrected chi connectivity index (χ2v) is 8.69. The Morgan fingerprint density at radius 1 is 1.52 bits per heavy atom. The van der Waals surface area contributed by atoms with Gasteiger partial charge in [0.2, 0.25) is 5.91 Å². The molecule has 3 heterocycles. The largest absolute Gasteiger partial charge is 0.355 e. The van der Waals surface area contributed by atoms with Crippen LogP contribution in [0.25, 0.3) is 0 Å². The van der Waals surface area contributed by atoms with Gasteiger partial charge in [-0.05, 0) is 24.3 Å². The Balaban J connectivity index is 0.00000225. The van der Waals surface area contributed by atoms with Crippen LogP contribution in [0.15, 0.2) is 22.5 Å². The molecule has 0 aromatic carbocycles. The molecule has 1 amide bonds. The quantitative estimate of drug-likeness (QED) is 0.401. The molecule has 1 unspecified atom stereocenters. The fourth-order valence-corrected chi connectivity index (χ4v) is 4.66. The van der Waals surface area contributed by atoms with Crippen molar-refractivity contribution in [1.29, 1.82) is 0 Å². The van der Waals surface area contributed by atoms with Crippen LogP contribution >= 0.6 is 35.3 Å². The van der Waals surface area contributed by atoms with Gasteiger partial charge in [0.1, 0.15) is 0 Å². The molecule has 2 fully saturated rings. The van der Waals surface area contributed by atoms with Crippen molar-refractivity contribution in [2.24, 2.45) is 10.4 Å². The lowest BCUT2D eigenvalue weighted by Gasteiger charge is -2.41. The maximum absolute atomic E-state index is 11.7. The Labute approximate surface area is 171 Å². The van der Waals surface area contributed by atoms with Gasteiger partial charge in [-0.25, -0.2) is 0 Å². The minimum atomic E-state index is 0. The first kappa shape index (κ1) is 20.5. The molecule has 2 N–H and O–H groups in total. The van der Waals surface area contributed by atoms with Gasteiger partial charge in [0.05, 0.1) is 0 Å². The summed E-state index contributed by atoms with van der Waals surface area (Å²) in [5.74, 6) is 1.15. The van der Waals surface area contributed by atoms with Crippen molar-refractivity contribution in [2.75, 3.05) is 33.2 Å². The van der Waals surface area contributed by atoms with Crippen LogP contribution in [-0.2, 0) is 10.2 Å². The predicted molar refractivity (Wildman–Crippen MR) is 115 cm³/mol. The van der Waals surface area contributed by atoms with Gasteiger partial charge in [0.15, 0.2) is 5.96 Å². The van der Waals surface area contributed by atoms with E-state index in [9.17, 15) is 4.79 Å². The molecular weight excluding hydrogens is 447 g/mol. The molecule has 0 bridgehead atoms. The molecule has 0 aliphatic carbocycles. The molecule has 5 nitrogen and oxygen atoms in total. The number of nitrogens with one attached hydrogen (secondary N) is 2. The maximum Gasteiger partial charge on any atom is 0.220 e. The molecule has 140 valence electrons. The molecule has 2 saturated heterocycles. The Morgan fingerprint density at radius 2 is 2.32 bits per heavy atom. The fourth-order valence-electron chi connectivity index (χ4n) is 3.81. The zero-order valence-corrected chi connectivity index (χ0v) is 18.4. The van der Waals surface area contributed by atoms with Gasteiger partial charge in [0, 0.05) is 55.4 Å². The molecule has 0 saturated carbocycles. The van der Waals surface area contributed by atoms with E-state index in [0.29, 0.717) is 6.42 Å². The molecule has 1 spiro atoms. The van der Waals surface area contributed by atoms with E-state index in [1.54, 1.807) is 11.3 Å². The van der Waals surface area contributed by atoms with Crippen molar-refractivity contribution in [1.82, 2.24) is 15.5 Å². The number of hydrogen-bond acceptors (Lipinski definition) is 3. The van der Waals surface area contributed by atoms with Crippen molar-refractivity contribution >= 4 is 47.2 Å². The van der Waals surface area contributed by atoms with E-state index in [1.165, 1.54) is 4.88 Å². The lowest BCUT2D eigenvalue weighted by molar-refractivity contribution is -0.119. The van der Waals surface area contributed by atoms with Crippen LogP contribution in [0.4, 0.5) is 0 Å². The highest BCUT2D eigenvalue weighted by atomic mass is 127. The normalized spacial score (nSPS) is 24.2. The number of guanidine groups is 1. The summed E-state index contributed by atoms with van der Waals surface area (Å²) in [4.78, 5) is 19.9. The van der Waals surface area contributed by atoms with E-state index < -0.39 is 0 Å². The predicted octanol–water partition coefficient (Wildman–Crippen LogP) is 2.82. The highest BCUT2D eigenvalue weighted by Gasteiger charge is 2.42. The maximum atomic E-state index is 11.7. The fraction of sp³-hybridized carbons (Fsp3) is 0.667. The summed E-state index contributed by atoms with van der Waals surface area (Å²) in [6.45, 7) is 8.09. The van der Waals surface area contributed by atoms with Gasteiger partial charge in [-0.2, -0.15) is 0 Å². The Hall–Kier alpha value is -0.830. The molecule has 0 radical (unpaired) electrons. The number of aliphatic imine (C=N–C) groups is 1. The molecule has 7 heteroatoms. The second-order valence-electron chi connectivity index (χ2n) is 7.74. The van der Waals surface area contributed by atoms with Crippen LogP contribution in [-0.4, -0.2) is 50.0 Å². The molecule has 1 aromatic rings. The van der Waals surface area contributed by atoms with Gasteiger partial charge in [-0.3, -0.25) is 9.79 Å². The van der Waals surface area contributed by atoms with Gasteiger partial charge < -0.3 is 15.5 Å². The molecule has 1 atom stereocenters. The van der Waals surface area contributed by atoms with Gasteiger partial charge in [-0.1, -0.05) is 19.9 Å². The molecule has 3 rings (SSSR count). The average Bonchev–Trinajstić information content (AvgIpc) is 3.19. The third-order valence-corrected chi connectivity index (χ3v) is 6.48. The molecule has 2 aliphatic rings. The van der Waals surface area contributed by atoms with Gasteiger partial charge in [0.25, 0.3) is 0 Å². The number of hydrogen-bond donors (Lipinski definition) is 2. The van der Waals surface area contributed by atoms with E-state index in [0.717, 1.165) is 45.0 Å². The Morgan fingerprint density at radius 3 is 2.92 bits per heavy atom. The zero-order valence-electron chi connectivity index (χ0n) is 15.3. The third-order valence-electron chi connectivity index (χ3n) is 5.25. The third kappa shape index (κ3) is 4.67. The highest BCUT2D eigenvalue weighted by molar-refractivity contribution is 14.0. The van der Waals surface area contributed by atoms with Crippen molar-refractivity contribution in [3.63, 3.8) is 0 Å². The number of halogens is 1. The zero-order chi connectivity index (χ0) is 17.2. The summed E-state index contributed by atoms with van der Waals surface area (Å²) in [5, 5.41) is 8.70. The number of carbonyl (C=O) groups excluding carboxylic acids is 1. The van der Waals surface area contributed by atoms with Gasteiger partial charge in [-0.15, -0.1) is 35.3 Å². The average molecular weight is 476 g/mol. The smallest absolute Gasteiger partial charge is 0.220 e. The molecule has 2 aliphatic heterocycles. The minimum Gasteiger partial charge on any atom is -0.355 e. The van der Waals surface area contributed by atoms with Crippen LogP contribution in [0.1, 0.15) is 38.0 Å². The van der Waals surface area contributed by atoms with Crippen LogP contribution in [0, 0.1) is 5.41 Å². The first-order valence-electron chi connectivity index (χ1n) is 8.70. The number of carbonyl (C=O) groups is 1. The lowest BCUT2D eigenvalue weighted by Crippen LogP contribution is -2.52. The summed E-state index contributed by atoms with van der Waals surface area (Å²) < 4.78 is 0. The SMILES string of the molecule is CN=C(NCC(C)(C)c1cccs1)N1CCCC2(CNC(=O)C2)C1.I. The van der Waals surface area contributed by atoms with Crippen molar-refractivity contribution in [3.05, 3.63) is 22.4 Å². The van der Waals surface area contributed by atoms with Crippen LogP contribution in [0.5, 0.6) is 0 Å². The standard InChI is InChI=1S/C18H28N4OS.HI/c1-17(2,14-6-4-9-24-14)11-21-16(19-3)22-8-5-7-18(13-22)10-15(23)20-12-18;/h4,6,9H,5,7-8,10-13H2,1-3H3,(H,19,21)(H,20,23);1H. The number of nitrogens with zero attached hydrogens (tertiary/aromatic N) is 2. The first-order valence-corrected chi connectivity index (χ1v) is 9.58. The number of likely N-dealkylation sites (tertiary alicyclic amines) is 1. The lowest BCUT2D eigenvalue weighted by atomic mass is 9.79. The monoisotopic (exact) mass is 476 g/mol. The number of piperidine rings is 1. The Bertz CT molecular complexity index is 617. The summed E-state index contributed by atoms with van der Waals surface area (Å²) in [6.07, 6.45) is 2.89. The molecular formula is C18H29IN4OS. The van der Waals surface area contributed by atoms with E-state index >= 15 is 0 Å². The summed E-state index contributed by atoms with van der Waals surface area (Å²) in [7, 11) is 1.85. The van der Waals surface area contributed by atoms with Crippen molar-refractivity contribution in [2.45, 2.75) is 38.5 Å². The number of rotatable bonds is 3. The van der Waals surface area contributed by atoms with E-state index in [1.807, 2.05) is 7.05 Å². The van der Waals surface area contributed by atoms with Crippen molar-refractivity contribution in [3.8, 4) is 0 Å². The topological polar surface area (TPSA) is 56.7 Å². The first-order chi connectivity index (χ1) is 11.4. The van der Waals surface area contributed by atoms with Crippen molar-refractivity contribution < 1.29 is 4.79 Å².